The molecular formula is C7H6F6N2S. The molecule has 9 heteroatoms. The molecule has 0 aliphatic carbocycles. The summed E-state index contributed by atoms with van der Waals surface area (Å²) in [5.74, 6) is 0. The van der Waals surface area contributed by atoms with Crippen LogP contribution >= 0.6 is 12.2 Å². The van der Waals surface area contributed by atoms with Gasteiger partial charge in [-0.15, -0.1) is 0 Å². The van der Waals surface area contributed by atoms with Crippen molar-refractivity contribution in [3.8, 4) is 0 Å². The molecule has 0 unspecified atom stereocenters. The molecule has 0 atom stereocenters. The molecule has 0 radical (unpaired) electrons. The zero-order valence-electron chi connectivity index (χ0n) is 7.80. The summed E-state index contributed by atoms with van der Waals surface area (Å²) in [7, 11) is 1.27. The Balaban J connectivity index is 3.35. The van der Waals surface area contributed by atoms with Gasteiger partial charge in [0, 0.05) is 19.4 Å². The van der Waals surface area contributed by atoms with E-state index in [4.69, 9.17) is 0 Å². The fourth-order valence-electron chi connectivity index (χ4n) is 1.18. The lowest BCUT2D eigenvalue weighted by Crippen LogP contribution is -2.38. The molecule has 1 rings (SSSR count). The zero-order valence-corrected chi connectivity index (χ0v) is 8.62. The Bertz CT molecular complexity index is 411. The second-order valence-electron chi connectivity index (χ2n) is 3.08. The van der Waals surface area contributed by atoms with E-state index >= 15 is 0 Å². The molecule has 1 aromatic rings. The van der Waals surface area contributed by atoms with Crippen molar-refractivity contribution < 1.29 is 26.3 Å². The summed E-state index contributed by atoms with van der Waals surface area (Å²) in [5, 5.41) is 0. The molecule has 0 aromatic carbocycles. The van der Waals surface area contributed by atoms with Crippen molar-refractivity contribution in [3.05, 3.63) is 17.2 Å². The number of hydrogen-bond donors (Lipinski definition) is 0. The van der Waals surface area contributed by atoms with Gasteiger partial charge in [0.25, 0.3) is 0 Å². The average Bonchev–Trinajstić information content (AvgIpc) is 2.31. The fourth-order valence-corrected chi connectivity index (χ4v) is 1.41. The number of aromatic nitrogens is 2. The predicted octanol–water partition coefficient (Wildman–Crippen LogP) is 3.22. The van der Waals surface area contributed by atoms with Gasteiger partial charge in [0.2, 0.25) is 6.04 Å². The van der Waals surface area contributed by atoms with Crippen LogP contribution < -0.4 is 0 Å². The fraction of sp³-hybridized carbons (Fsp3) is 0.571. The maximum atomic E-state index is 12.3. The number of rotatable bonds is 1. The van der Waals surface area contributed by atoms with Crippen LogP contribution in [0.1, 0.15) is 6.04 Å². The van der Waals surface area contributed by atoms with E-state index in [-0.39, 0.29) is 4.57 Å². The quantitative estimate of drug-likeness (QED) is 0.559. The molecule has 0 fully saturated rings. The third-order valence-corrected chi connectivity index (χ3v) is 2.37. The molecule has 92 valence electrons. The molecule has 0 spiro atoms. The molecule has 0 aliphatic heterocycles. The van der Waals surface area contributed by atoms with E-state index in [1.165, 1.54) is 7.05 Å². The van der Waals surface area contributed by atoms with E-state index in [0.717, 1.165) is 10.8 Å². The van der Waals surface area contributed by atoms with Gasteiger partial charge in [0.05, 0.1) is 0 Å². The lowest BCUT2D eigenvalue weighted by atomic mass is 10.3. The normalized spacial score (nSPS) is 13.5. The van der Waals surface area contributed by atoms with Gasteiger partial charge in [0.1, 0.15) is 0 Å². The lowest BCUT2D eigenvalue weighted by Gasteiger charge is -2.23. The van der Waals surface area contributed by atoms with E-state index in [1.807, 2.05) is 0 Å². The first-order valence-electron chi connectivity index (χ1n) is 3.92. The van der Waals surface area contributed by atoms with Crippen molar-refractivity contribution >= 4 is 12.2 Å². The Kier molecular flexibility index (Phi) is 3.10. The van der Waals surface area contributed by atoms with Crippen molar-refractivity contribution in [2.45, 2.75) is 18.4 Å². The van der Waals surface area contributed by atoms with Crippen LogP contribution in [0.3, 0.4) is 0 Å². The highest BCUT2D eigenvalue weighted by molar-refractivity contribution is 7.71. The number of imidazole rings is 1. The van der Waals surface area contributed by atoms with Gasteiger partial charge in [-0.25, -0.2) is 0 Å². The van der Waals surface area contributed by atoms with Crippen LogP contribution in [0.4, 0.5) is 26.3 Å². The Morgan fingerprint density at radius 2 is 1.50 bits per heavy atom. The smallest absolute Gasteiger partial charge is 0.327 e. The average molecular weight is 264 g/mol. The summed E-state index contributed by atoms with van der Waals surface area (Å²) in [5.41, 5.74) is 0. The summed E-state index contributed by atoms with van der Waals surface area (Å²) >= 11 is 4.47. The molecule has 0 aliphatic rings. The number of alkyl halides is 6. The molecule has 0 amide bonds. The topological polar surface area (TPSA) is 9.86 Å². The van der Waals surface area contributed by atoms with Crippen LogP contribution in [0, 0.1) is 4.77 Å². The van der Waals surface area contributed by atoms with Crippen LogP contribution in [-0.4, -0.2) is 21.5 Å². The Morgan fingerprint density at radius 1 is 1.06 bits per heavy atom. The van der Waals surface area contributed by atoms with E-state index in [9.17, 15) is 26.3 Å². The van der Waals surface area contributed by atoms with Crippen molar-refractivity contribution in [2.24, 2.45) is 7.05 Å². The highest BCUT2D eigenvalue weighted by Gasteiger charge is 2.58. The Labute approximate surface area is 91.1 Å². The second-order valence-corrected chi connectivity index (χ2v) is 3.45. The van der Waals surface area contributed by atoms with Crippen LogP contribution in [0.2, 0.25) is 0 Å². The number of nitrogens with zero attached hydrogens (tertiary/aromatic N) is 2. The Morgan fingerprint density at radius 3 is 1.75 bits per heavy atom. The van der Waals surface area contributed by atoms with E-state index < -0.39 is 23.2 Å². The lowest BCUT2D eigenvalue weighted by molar-refractivity contribution is -0.274. The molecule has 1 aromatic heterocycles. The van der Waals surface area contributed by atoms with Crippen molar-refractivity contribution in [1.82, 2.24) is 9.13 Å². The van der Waals surface area contributed by atoms with Crippen LogP contribution in [0.5, 0.6) is 0 Å². The molecule has 1 heterocycles. The third-order valence-electron chi connectivity index (χ3n) is 1.87. The summed E-state index contributed by atoms with van der Waals surface area (Å²) < 4.78 is 74.2. The Hall–Kier alpha value is -0.990. The van der Waals surface area contributed by atoms with Crippen LogP contribution in [0.25, 0.3) is 0 Å². The van der Waals surface area contributed by atoms with Crippen molar-refractivity contribution in [2.75, 3.05) is 0 Å². The summed E-state index contributed by atoms with van der Waals surface area (Å²) in [4.78, 5) is 0. The summed E-state index contributed by atoms with van der Waals surface area (Å²) in [6.45, 7) is 0. The SMILES string of the molecule is Cn1ccn(C(C(F)(F)F)C(F)(F)F)c1=S. The van der Waals surface area contributed by atoms with E-state index in [0.29, 0.717) is 6.20 Å². The summed E-state index contributed by atoms with van der Waals surface area (Å²) in [6.07, 6.45) is -9.17. The zero-order chi connectivity index (χ0) is 12.7. The monoisotopic (exact) mass is 264 g/mol. The van der Waals surface area contributed by atoms with Gasteiger partial charge in [0.15, 0.2) is 4.77 Å². The van der Waals surface area contributed by atoms with Crippen LogP contribution in [0.15, 0.2) is 12.4 Å². The largest absolute Gasteiger partial charge is 0.418 e. The van der Waals surface area contributed by atoms with Gasteiger partial charge >= 0.3 is 12.4 Å². The minimum atomic E-state index is -5.43. The van der Waals surface area contributed by atoms with E-state index in [2.05, 4.69) is 12.2 Å². The van der Waals surface area contributed by atoms with Gasteiger partial charge in [-0.3, -0.25) is 0 Å². The maximum absolute atomic E-state index is 12.3. The molecule has 0 saturated heterocycles. The van der Waals surface area contributed by atoms with Gasteiger partial charge in [-0.1, -0.05) is 0 Å². The second kappa shape index (κ2) is 3.79. The molecule has 16 heavy (non-hydrogen) atoms. The molecule has 0 N–H and O–H groups in total. The minimum absolute atomic E-state index is 0.0185. The standard InChI is InChI=1S/C7H6F6N2S/c1-14-2-3-15(5(14)16)4(6(8,9)10)7(11,12)13/h2-4H,1H3. The van der Waals surface area contributed by atoms with Crippen molar-refractivity contribution in [3.63, 3.8) is 0 Å². The number of hydrogen-bond acceptors (Lipinski definition) is 1. The van der Waals surface area contributed by atoms with Gasteiger partial charge < -0.3 is 9.13 Å². The van der Waals surface area contributed by atoms with Gasteiger partial charge in [-0.05, 0) is 12.2 Å². The third kappa shape index (κ3) is 2.39. The molecular weight excluding hydrogens is 258 g/mol. The first kappa shape index (κ1) is 13.1. The first-order valence-corrected chi connectivity index (χ1v) is 4.33. The minimum Gasteiger partial charge on any atom is -0.327 e. The maximum Gasteiger partial charge on any atom is 0.418 e. The highest BCUT2D eigenvalue weighted by atomic mass is 32.1. The summed E-state index contributed by atoms with van der Waals surface area (Å²) in [6, 6.07) is -3.60. The van der Waals surface area contributed by atoms with Gasteiger partial charge in [-0.2, -0.15) is 26.3 Å². The number of halogens is 6. The van der Waals surface area contributed by atoms with Crippen molar-refractivity contribution in [1.29, 1.82) is 0 Å². The molecule has 2 nitrogen and oxygen atoms in total. The predicted molar refractivity (Wildman–Crippen MR) is 45.4 cm³/mol. The highest BCUT2D eigenvalue weighted by Crippen LogP contribution is 2.42. The number of aryl methyl sites for hydroxylation is 1. The molecule has 0 saturated carbocycles. The molecule has 0 bridgehead atoms. The van der Waals surface area contributed by atoms with Crippen LogP contribution in [-0.2, 0) is 7.05 Å². The first-order chi connectivity index (χ1) is 7.05. The van der Waals surface area contributed by atoms with E-state index in [1.54, 1.807) is 0 Å².